The number of amides is 1. The summed E-state index contributed by atoms with van der Waals surface area (Å²) in [6.45, 7) is 1.63. The lowest BCUT2D eigenvalue weighted by Crippen LogP contribution is -2.27. The average Bonchev–Trinajstić information content (AvgIpc) is 3.00. The molecule has 5 heteroatoms. The number of pyridine rings is 1. The van der Waals surface area contributed by atoms with Crippen molar-refractivity contribution in [3.8, 4) is 0 Å². The maximum absolute atomic E-state index is 11.8. The van der Waals surface area contributed by atoms with Crippen molar-refractivity contribution in [1.82, 2.24) is 14.9 Å². The quantitative estimate of drug-likeness (QED) is 0.837. The average molecular weight is 275 g/mol. The van der Waals surface area contributed by atoms with Gasteiger partial charge in [-0.25, -0.2) is 4.98 Å². The zero-order valence-corrected chi connectivity index (χ0v) is 11.6. The Morgan fingerprint density at radius 1 is 1.53 bits per heavy atom. The van der Waals surface area contributed by atoms with Gasteiger partial charge in [-0.1, -0.05) is 0 Å². The maximum Gasteiger partial charge on any atom is 0.222 e. The Bertz CT molecular complexity index is 595. The lowest BCUT2D eigenvalue weighted by atomic mass is 10.1. The lowest BCUT2D eigenvalue weighted by molar-refractivity contribution is -0.127. The molecular formula is C14H17N3OS. The highest BCUT2D eigenvalue weighted by Crippen LogP contribution is 2.21. The topological polar surface area (TPSA) is 49.0 Å². The number of aromatic amines is 1. The SMILES string of the molecule is O=C1CC(CS)CN1CCc1c[nH]c2ncccc12. The molecule has 2 aromatic heterocycles. The van der Waals surface area contributed by atoms with Gasteiger partial charge in [0.15, 0.2) is 0 Å². The predicted octanol–water partition coefficient (Wildman–Crippen LogP) is 1.88. The van der Waals surface area contributed by atoms with E-state index in [1.165, 1.54) is 5.56 Å². The highest BCUT2D eigenvalue weighted by atomic mass is 32.1. The third kappa shape index (κ3) is 2.47. The third-order valence-electron chi connectivity index (χ3n) is 3.74. The van der Waals surface area contributed by atoms with Crippen molar-refractivity contribution < 1.29 is 4.79 Å². The Hall–Kier alpha value is -1.49. The van der Waals surface area contributed by atoms with Crippen molar-refractivity contribution in [3.63, 3.8) is 0 Å². The number of carbonyl (C=O) groups is 1. The normalized spacial score (nSPS) is 19.5. The summed E-state index contributed by atoms with van der Waals surface area (Å²) in [5.74, 6) is 1.47. The van der Waals surface area contributed by atoms with Gasteiger partial charge in [0.05, 0.1) is 0 Å². The third-order valence-corrected chi connectivity index (χ3v) is 4.26. The minimum atomic E-state index is 0.261. The number of fused-ring (bicyclic) bond motifs is 1. The molecule has 3 rings (SSSR count). The molecule has 2 aromatic rings. The number of likely N-dealkylation sites (tertiary alicyclic amines) is 1. The molecule has 1 saturated heterocycles. The van der Waals surface area contributed by atoms with Crippen molar-refractivity contribution in [1.29, 1.82) is 0 Å². The van der Waals surface area contributed by atoms with Gasteiger partial charge in [0.1, 0.15) is 5.65 Å². The van der Waals surface area contributed by atoms with E-state index in [0.717, 1.165) is 36.3 Å². The summed E-state index contributed by atoms with van der Waals surface area (Å²) in [6, 6.07) is 4.01. The highest BCUT2D eigenvalue weighted by Gasteiger charge is 2.28. The Balaban J connectivity index is 1.68. The van der Waals surface area contributed by atoms with E-state index >= 15 is 0 Å². The van der Waals surface area contributed by atoms with E-state index in [2.05, 4.69) is 28.7 Å². The summed E-state index contributed by atoms with van der Waals surface area (Å²) >= 11 is 4.28. The number of H-pyrrole nitrogens is 1. The zero-order valence-electron chi connectivity index (χ0n) is 10.7. The monoisotopic (exact) mass is 275 g/mol. The van der Waals surface area contributed by atoms with E-state index in [0.29, 0.717) is 12.3 Å². The lowest BCUT2D eigenvalue weighted by Gasteiger charge is -2.15. The fourth-order valence-corrected chi connectivity index (χ4v) is 2.91. The summed E-state index contributed by atoms with van der Waals surface area (Å²) in [4.78, 5) is 21.2. The van der Waals surface area contributed by atoms with Crippen LogP contribution in [0.15, 0.2) is 24.5 Å². The van der Waals surface area contributed by atoms with Crippen LogP contribution in [0.4, 0.5) is 0 Å². The highest BCUT2D eigenvalue weighted by molar-refractivity contribution is 7.80. The molecule has 1 fully saturated rings. The first-order valence-corrected chi connectivity index (χ1v) is 7.21. The molecule has 1 N–H and O–H groups in total. The van der Waals surface area contributed by atoms with Crippen LogP contribution in [-0.2, 0) is 11.2 Å². The largest absolute Gasteiger partial charge is 0.346 e. The molecule has 1 aliphatic rings. The molecule has 19 heavy (non-hydrogen) atoms. The molecule has 1 amide bonds. The molecule has 1 unspecified atom stereocenters. The first-order chi connectivity index (χ1) is 9.28. The second-order valence-corrected chi connectivity index (χ2v) is 5.42. The van der Waals surface area contributed by atoms with E-state index in [9.17, 15) is 4.79 Å². The minimum Gasteiger partial charge on any atom is -0.346 e. The molecule has 4 nitrogen and oxygen atoms in total. The molecule has 100 valence electrons. The van der Waals surface area contributed by atoms with Gasteiger partial charge in [-0.05, 0) is 35.8 Å². The first kappa shape index (κ1) is 12.5. The number of nitrogens with one attached hydrogen (secondary N) is 1. The van der Waals surface area contributed by atoms with Crippen molar-refractivity contribution in [2.75, 3.05) is 18.8 Å². The van der Waals surface area contributed by atoms with Crippen LogP contribution in [0.2, 0.25) is 0 Å². The van der Waals surface area contributed by atoms with Crippen LogP contribution in [0, 0.1) is 5.92 Å². The zero-order chi connectivity index (χ0) is 13.2. The van der Waals surface area contributed by atoms with Crippen LogP contribution < -0.4 is 0 Å². The van der Waals surface area contributed by atoms with Crippen LogP contribution in [0.3, 0.4) is 0 Å². The number of carbonyl (C=O) groups excluding carboxylic acids is 1. The van der Waals surface area contributed by atoms with Gasteiger partial charge in [0.25, 0.3) is 0 Å². The Morgan fingerprint density at radius 3 is 3.21 bits per heavy atom. The fraction of sp³-hybridized carbons (Fsp3) is 0.429. The molecule has 0 saturated carbocycles. The van der Waals surface area contributed by atoms with Gasteiger partial charge in [0.2, 0.25) is 5.91 Å². The number of aromatic nitrogens is 2. The van der Waals surface area contributed by atoms with Crippen LogP contribution in [0.5, 0.6) is 0 Å². The summed E-state index contributed by atoms with van der Waals surface area (Å²) in [6.07, 6.45) is 5.30. The number of nitrogens with zero attached hydrogens (tertiary/aromatic N) is 2. The summed E-state index contributed by atoms with van der Waals surface area (Å²) in [5.41, 5.74) is 2.14. The van der Waals surface area contributed by atoms with Gasteiger partial charge in [-0.3, -0.25) is 4.79 Å². The standard InChI is InChI=1S/C14H17N3OS/c18-13-6-10(9-19)8-17(13)5-3-11-7-16-14-12(11)2-1-4-15-14/h1-2,4,7,10,19H,3,5-6,8-9H2,(H,15,16). The fourth-order valence-electron chi connectivity index (χ4n) is 2.67. The summed E-state index contributed by atoms with van der Waals surface area (Å²) in [5, 5.41) is 1.15. The van der Waals surface area contributed by atoms with Crippen LogP contribution in [-0.4, -0.2) is 39.6 Å². The smallest absolute Gasteiger partial charge is 0.222 e. The number of rotatable bonds is 4. The van der Waals surface area contributed by atoms with E-state index in [1.807, 2.05) is 17.2 Å². The van der Waals surface area contributed by atoms with Gasteiger partial charge in [0, 0.05) is 37.3 Å². The molecule has 3 heterocycles. The summed E-state index contributed by atoms with van der Waals surface area (Å²) in [7, 11) is 0. The molecule has 1 aliphatic heterocycles. The molecule has 0 bridgehead atoms. The van der Waals surface area contributed by atoms with E-state index < -0.39 is 0 Å². The van der Waals surface area contributed by atoms with Gasteiger partial charge in [-0.15, -0.1) is 0 Å². The van der Waals surface area contributed by atoms with Gasteiger partial charge >= 0.3 is 0 Å². The predicted molar refractivity (Wildman–Crippen MR) is 78.3 cm³/mol. The Kier molecular flexibility index (Phi) is 3.46. The molecule has 0 aliphatic carbocycles. The molecular weight excluding hydrogens is 258 g/mol. The summed E-state index contributed by atoms with van der Waals surface area (Å²) < 4.78 is 0. The molecule has 0 radical (unpaired) electrons. The number of thiol groups is 1. The number of hydrogen-bond acceptors (Lipinski definition) is 3. The number of hydrogen-bond donors (Lipinski definition) is 2. The van der Waals surface area contributed by atoms with Crippen molar-refractivity contribution in [3.05, 3.63) is 30.1 Å². The van der Waals surface area contributed by atoms with Crippen molar-refractivity contribution in [2.45, 2.75) is 12.8 Å². The first-order valence-electron chi connectivity index (χ1n) is 6.57. The van der Waals surface area contributed by atoms with E-state index in [4.69, 9.17) is 0 Å². The van der Waals surface area contributed by atoms with Crippen LogP contribution >= 0.6 is 12.6 Å². The minimum absolute atomic E-state index is 0.261. The van der Waals surface area contributed by atoms with Crippen LogP contribution in [0.25, 0.3) is 11.0 Å². The Labute approximate surface area is 117 Å². The molecule has 0 aromatic carbocycles. The van der Waals surface area contributed by atoms with Gasteiger partial charge in [-0.2, -0.15) is 12.6 Å². The second-order valence-electron chi connectivity index (χ2n) is 5.06. The Morgan fingerprint density at radius 2 is 2.42 bits per heavy atom. The second kappa shape index (κ2) is 5.25. The van der Waals surface area contributed by atoms with E-state index in [-0.39, 0.29) is 5.91 Å². The van der Waals surface area contributed by atoms with Crippen molar-refractivity contribution in [2.24, 2.45) is 5.92 Å². The molecule has 1 atom stereocenters. The van der Waals surface area contributed by atoms with E-state index in [1.54, 1.807) is 6.20 Å². The van der Waals surface area contributed by atoms with Crippen LogP contribution in [0.1, 0.15) is 12.0 Å². The molecule has 0 spiro atoms. The maximum atomic E-state index is 11.8. The van der Waals surface area contributed by atoms with Crippen molar-refractivity contribution >= 4 is 29.6 Å². The van der Waals surface area contributed by atoms with Gasteiger partial charge < -0.3 is 9.88 Å².